The maximum Gasteiger partial charge on any atom is 0.432 e. The van der Waals surface area contributed by atoms with Crippen molar-refractivity contribution in [2.45, 2.75) is 39.3 Å². The van der Waals surface area contributed by atoms with Gasteiger partial charge >= 0.3 is 12.1 Å². The molecule has 1 aromatic carbocycles. The van der Waals surface area contributed by atoms with Crippen LogP contribution in [-0.2, 0) is 25.6 Å². The van der Waals surface area contributed by atoms with E-state index in [1.165, 1.54) is 7.11 Å². The van der Waals surface area contributed by atoms with Crippen LogP contribution in [0, 0.1) is 11.8 Å². The van der Waals surface area contributed by atoms with Gasteiger partial charge in [0.25, 0.3) is 5.91 Å². The summed E-state index contributed by atoms with van der Waals surface area (Å²) in [6, 6.07) is 7.20. The van der Waals surface area contributed by atoms with Crippen molar-refractivity contribution in [1.82, 2.24) is 10.4 Å². The highest BCUT2D eigenvalue weighted by Gasteiger charge is 2.52. The van der Waals surface area contributed by atoms with Crippen molar-refractivity contribution in [3.05, 3.63) is 29.8 Å². The molecule has 8 heteroatoms. The number of amides is 2. The molecule has 0 saturated heterocycles. The fourth-order valence-corrected chi connectivity index (χ4v) is 2.50. The van der Waals surface area contributed by atoms with Crippen LogP contribution in [0.15, 0.2) is 24.3 Å². The molecule has 1 N–H and O–H groups in total. The minimum Gasteiger partial charge on any atom is -0.497 e. The first-order chi connectivity index (χ1) is 12.7. The summed E-state index contributed by atoms with van der Waals surface area (Å²) in [7, 11) is 2.85. The Kier molecular flexibility index (Phi) is 6.43. The van der Waals surface area contributed by atoms with Crippen molar-refractivity contribution in [1.29, 1.82) is 0 Å². The number of carbonyl (C=O) groups is 3. The molecule has 0 bridgehead atoms. The van der Waals surface area contributed by atoms with Crippen LogP contribution >= 0.6 is 0 Å². The van der Waals surface area contributed by atoms with Gasteiger partial charge in [-0.3, -0.25) is 9.59 Å². The summed E-state index contributed by atoms with van der Waals surface area (Å²) in [6.45, 7) is 5.37. The van der Waals surface area contributed by atoms with E-state index in [1.807, 2.05) is 12.1 Å². The van der Waals surface area contributed by atoms with Crippen LogP contribution in [0.4, 0.5) is 4.79 Å². The maximum atomic E-state index is 12.7. The first kappa shape index (κ1) is 20.7. The van der Waals surface area contributed by atoms with Gasteiger partial charge in [-0.05, 0) is 44.9 Å². The van der Waals surface area contributed by atoms with E-state index in [-0.39, 0.29) is 6.54 Å². The molecule has 1 aliphatic rings. The van der Waals surface area contributed by atoms with Gasteiger partial charge < -0.3 is 14.2 Å². The van der Waals surface area contributed by atoms with Crippen molar-refractivity contribution in [2.75, 3.05) is 14.2 Å². The Morgan fingerprint density at radius 1 is 1.11 bits per heavy atom. The quantitative estimate of drug-likeness (QED) is 0.599. The van der Waals surface area contributed by atoms with Crippen molar-refractivity contribution < 1.29 is 28.6 Å². The second-order valence-electron chi connectivity index (χ2n) is 7.31. The van der Waals surface area contributed by atoms with E-state index in [4.69, 9.17) is 9.47 Å². The molecule has 0 unspecified atom stereocenters. The molecular weight excluding hydrogens is 352 g/mol. The molecule has 2 rings (SSSR count). The summed E-state index contributed by atoms with van der Waals surface area (Å²) in [5.41, 5.74) is 2.89. The molecule has 0 radical (unpaired) electrons. The van der Waals surface area contributed by atoms with Crippen molar-refractivity contribution in [3.8, 4) is 5.75 Å². The standard InChI is InChI=1S/C19H26N2O6/c1-19(2,3)27-18(24)21(16(22)14-10-15(14)17(23)26-5)20-11-12-6-8-13(25-4)9-7-12/h6-9,14-15,20H,10-11H2,1-5H3/t14-,15+/m0/s1. The van der Waals surface area contributed by atoms with Crippen LogP contribution < -0.4 is 10.2 Å². The Hall–Kier alpha value is -2.61. The number of nitrogens with zero attached hydrogens (tertiary/aromatic N) is 1. The number of hydrogen-bond donors (Lipinski definition) is 1. The smallest absolute Gasteiger partial charge is 0.432 e. The lowest BCUT2D eigenvalue weighted by atomic mass is 10.2. The molecule has 2 atom stereocenters. The highest BCUT2D eigenvalue weighted by molar-refractivity contribution is 5.97. The zero-order chi connectivity index (χ0) is 20.2. The van der Waals surface area contributed by atoms with Gasteiger partial charge in [0.15, 0.2) is 0 Å². The van der Waals surface area contributed by atoms with Gasteiger partial charge in [-0.1, -0.05) is 12.1 Å². The lowest BCUT2D eigenvalue weighted by molar-refractivity contribution is -0.145. The zero-order valence-corrected chi connectivity index (χ0v) is 16.3. The number of carbonyl (C=O) groups excluding carboxylic acids is 3. The Morgan fingerprint density at radius 3 is 2.26 bits per heavy atom. The van der Waals surface area contributed by atoms with Crippen LogP contribution in [0.2, 0.25) is 0 Å². The second-order valence-corrected chi connectivity index (χ2v) is 7.31. The van der Waals surface area contributed by atoms with Gasteiger partial charge in [-0.2, -0.15) is 5.01 Å². The summed E-state index contributed by atoms with van der Waals surface area (Å²) in [5, 5.41) is 0.850. The minimum atomic E-state index is -0.809. The van der Waals surface area contributed by atoms with E-state index in [9.17, 15) is 14.4 Å². The molecule has 0 heterocycles. The van der Waals surface area contributed by atoms with Crippen molar-refractivity contribution >= 4 is 18.0 Å². The molecule has 0 aromatic heterocycles. The zero-order valence-electron chi connectivity index (χ0n) is 16.3. The third-order valence-electron chi connectivity index (χ3n) is 4.01. The van der Waals surface area contributed by atoms with E-state index in [0.29, 0.717) is 12.2 Å². The average molecular weight is 378 g/mol. The molecule has 148 valence electrons. The Labute approximate surface area is 158 Å². The first-order valence-corrected chi connectivity index (χ1v) is 8.67. The van der Waals surface area contributed by atoms with Gasteiger partial charge in [-0.25, -0.2) is 10.2 Å². The van der Waals surface area contributed by atoms with E-state index < -0.39 is 35.4 Å². The number of hydrogen-bond acceptors (Lipinski definition) is 7. The Balaban J connectivity index is 2.08. The second kappa shape index (κ2) is 8.39. The lowest BCUT2D eigenvalue weighted by Gasteiger charge is -2.26. The van der Waals surface area contributed by atoms with Crippen molar-refractivity contribution in [3.63, 3.8) is 0 Å². The largest absolute Gasteiger partial charge is 0.497 e. The Bertz CT molecular complexity index is 695. The SMILES string of the molecule is COC(=O)[C@@H]1C[C@@H]1C(=O)N(NCc1ccc(OC)cc1)C(=O)OC(C)(C)C. The number of ether oxygens (including phenoxy) is 3. The van der Waals surface area contributed by atoms with Gasteiger partial charge in [0.05, 0.1) is 26.1 Å². The fraction of sp³-hybridized carbons (Fsp3) is 0.526. The molecule has 1 aliphatic carbocycles. The number of methoxy groups -OCH3 is 2. The summed E-state index contributed by atoms with van der Waals surface area (Å²) >= 11 is 0. The fourth-order valence-electron chi connectivity index (χ4n) is 2.50. The predicted molar refractivity (Wildman–Crippen MR) is 96.5 cm³/mol. The number of nitrogens with one attached hydrogen (secondary N) is 1. The minimum absolute atomic E-state index is 0.227. The summed E-state index contributed by atoms with van der Waals surface area (Å²) < 4.78 is 15.1. The molecule has 27 heavy (non-hydrogen) atoms. The van der Waals surface area contributed by atoms with Crippen LogP contribution in [0.25, 0.3) is 0 Å². The van der Waals surface area contributed by atoms with E-state index >= 15 is 0 Å². The van der Waals surface area contributed by atoms with Crippen LogP contribution in [0.3, 0.4) is 0 Å². The number of imide groups is 1. The third kappa shape index (κ3) is 5.68. The molecule has 8 nitrogen and oxygen atoms in total. The number of hydrazine groups is 1. The highest BCUT2D eigenvalue weighted by atomic mass is 16.6. The number of benzene rings is 1. The topological polar surface area (TPSA) is 94.2 Å². The molecule has 1 fully saturated rings. The number of esters is 1. The van der Waals surface area contributed by atoms with Crippen molar-refractivity contribution in [2.24, 2.45) is 11.8 Å². The van der Waals surface area contributed by atoms with Gasteiger partial charge in [0.2, 0.25) is 0 Å². The average Bonchev–Trinajstić information content (AvgIpc) is 3.40. The lowest BCUT2D eigenvalue weighted by Crippen LogP contribution is -2.49. The molecule has 2 amide bonds. The molecular formula is C19H26N2O6. The third-order valence-corrected chi connectivity index (χ3v) is 4.01. The number of rotatable bonds is 6. The summed E-state index contributed by atoms with van der Waals surface area (Å²) in [6.07, 6.45) is -0.453. The summed E-state index contributed by atoms with van der Waals surface area (Å²) in [4.78, 5) is 36.8. The maximum absolute atomic E-state index is 12.7. The van der Waals surface area contributed by atoms with Crippen LogP contribution in [0.5, 0.6) is 5.75 Å². The molecule has 0 aliphatic heterocycles. The molecule has 1 aromatic rings. The van der Waals surface area contributed by atoms with Crippen LogP contribution in [0.1, 0.15) is 32.8 Å². The molecule has 1 saturated carbocycles. The first-order valence-electron chi connectivity index (χ1n) is 8.67. The summed E-state index contributed by atoms with van der Waals surface area (Å²) in [5.74, 6) is -1.36. The van der Waals surface area contributed by atoms with E-state index in [0.717, 1.165) is 10.6 Å². The van der Waals surface area contributed by atoms with Gasteiger partial charge in [0.1, 0.15) is 11.4 Å². The van der Waals surface area contributed by atoms with E-state index in [2.05, 4.69) is 10.2 Å². The van der Waals surface area contributed by atoms with Crippen LogP contribution in [-0.4, -0.2) is 42.8 Å². The van der Waals surface area contributed by atoms with Gasteiger partial charge in [0, 0.05) is 6.54 Å². The van der Waals surface area contributed by atoms with Gasteiger partial charge in [-0.15, -0.1) is 0 Å². The predicted octanol–water partition coefficient (Wildman–Crippen LogP) is 2.27. The van der Waals surface area contributed by atoms with E-state index in [1.54, 1.807) is 40.0 Å². The normalized spacial score (nSPS) is 18.4. The molecule has 0 spiro atoms. The Morgan fingerprint density at radius 2 is 1.74 bits per heavy atom. The highest BCUT2D eigenvalue weighted by Crippen LogP contribution is 2.40. The monoisotopic (exact) mass is 378 g/mol.